The van der Waals surface area contributed by atoms with Crippen LogP contribution in [0, 0.1) is 5.41 Å². The summed E-state index contributed by atoms with van der Waals surface area (Å²) in [5, 5.41) is 6.40. The Balaban J connectivity index is 0. The quantitative estimate of drug-likeness (QED) is 0.383. The topological polar surface area (TPSA) is 49.9 Å². The summed E-state index contributed by atoms with van der Waals surface area (Å²) < 4.78 is 0. The molecule has 0 heterocycles. The number of nitrogens with two attached hydrogens (primary N) is 1. The van der Waals surface area contributed by atoms with Gasteiger partial charge in [0.25, 0.3) is 0 Å². The van der Waals surface area contributed by atoms with E-state index in [1.165, 1.54) is 6.08 Å². The van der Waals surface area contributed by atoms with Crippen molar-refractivity contribution >= 4 is 5.84 Å². The van der Waals surface area contributed by atoms with Crippen LogP contribution in [0.4, 0.5) is 0 Å². The monoisotopic (exact) mass is 129 g/mol. The van der Waals surface area contributed by atoms with Crippen LogP contribution in [0.2, 0.25) is 0 Å². The van der Waals surface area contributed by atoms with Crippen molar-refractivity contribution < 1.29 is 16.8 Å². The van der Waals surface area contributed by atoms with Crippen molar-refractivity contribution in [2.24, 2.45) is 5.73 Å². The van der Waals surface area contributed by atoms with E-state index in [0.717, 1.165) is 0 Å². The minimum absolute atomic E-state index is 0. The number of hydrogen-bond acceptors (Lipinski definition) is 1. The van der Waals surface area contributed by atoms with Crippen LogP contribution in [0.1, 0.15) is 0 Å². The molecule has 0 aliphatic rings. The zero-order chi connectivity index (χ0) is 4.28. The van der Waals surface area contributed by atoms with Gasteiger partial charge in [0.1, 0.15) is 5.84 Å². The summed E-state index contributed by atoms with van der Waals surface area (Å²) in [4.78, 5) is 0. The van der Waals surface area contributed by atoms with Gasteiger partial charge in [0.05, 0.1) is 0 Å². The summed E-state index contributed by atoms with van der Waals surface area (Å²) >= 11 is 0. The fourth-order valence-electron chi connectivity index (χ4n) is 0. The molecule has 2 nitrogen and oxygen atoms in total. The Morgan fingerprint density at radius 3 is 2.00 bits per heavy atom. The fourth-order valence-corrected chi connectivity index (χ4v) is 0. The zero-order valence-electron chi connectivity index (χ0n) is 3.20. The van der Waals surface area contributed by atoms with E-state index in [1.54, 1.807) is 0 Å². The number of amidine groups is 1. The molecule has 1 radical (unpaired) electrons. The number of nitrogens with one attached hydrogen (secondary N) is 1. The molecule has 0 fully saturated rings. The Labute approximate surface area is 47.1 Å². The SMILES string of the molecule is C=CC(=N)N.[Co]. The first-order valence-corrected chi connectivity index (χ1v) is 1.24. The molecule has 37 valence electrons. The summed E-state index contributed by atoms with van der Waals surface area (Å²) in [6.45, 7) is 3.21. The molecule has 0 saturated carbocycles. The fraction of sp³-hybridized carbons (Fsp3) is 0. The maximum Gasteiger partial charge on any atom is 0.114 e. The summed E-state index contributed by atoms with van der Waals surface area (Å²) in [5.41, 5.74) is 4.76. The van der Waals surface area contributed by atoms with Crippen LogP contribution < -0.4 is 5.73 Å². The van der Waals surface area contributed by atoms with Gasteiger partial charge < -0.3 is 5.73 Å². The van der Waals surface area contributed by atoms with Gasteiger partial charge in [0.15, 0.2) is 0 Å². The Morgan fingerprint density at radius 2 is 2.00 bits per heavy atom. The van der Waals surface area contributed by atoms with Crippen LogP contribution in [0.25, 0.3) is 0 Å². The maximum absolute atomic E-state index is 6.40. The van der Waals surface area contributed by atoms with Crippen molar-refractivity contribution in [3.63, 3.8) is 0 Å². The molecule has 0 aromatic rings. The predicted octanol–water partition coefficient (Wildman–Crippen LogP) is 0.106. The molecule has 0 saturated heterocycles. The molecule has 0 rings (SSSR count). The second kappa shape index (κ2) is 4.72. The van der Waals surface area contributed by atoms with Gasteiger partial charge in [-0.1, -0.05) is 6.58 Å². The Kier molecular flexibility index (Phi) is 7.24. The van der Waals surface area contributed by atoms with Gasteiger partial charge in [0, 0.05) is 16.8 Å². The zero-order valence-corrected chi connectivity index (χ0v) is 4.24. The molecule has 6 heavy (non-hydrogen) atoms. The molecule has 0 unspecified atom stereocenters. The average Bonchev–Trinajstić information content (AvgIpc) is 1.38. The molecule has 3 N–H and O–H groups in total. The van der Waals surface area contributed by atoms with Gasteiger partial charge in [-0.25, -0.2) is 0 Å². The van der Waals surface area contributed by atoms with Crippen molar-refractivity contribution in [1.82, 2.24) is 0 Å². The van der Waals surface area contributed by atoms with Crippen LogP contribution in [-0.4, -0.2) is 5.84 Å². The molecule has 0 amide bonds. The van der Waals surface area contributed by atoms with Crippen LogP contribution >= 0.6 is 0 Å². The second-order valence-corrected chi connectivity index (χ2v) is 0.659. The Bertz CT molecular complexity index is 59.8. The molecular weight excluding hydrogens is 123 g/mol. The molecule has 0 atom stereocenters. The average molecular weight is 129 g/mol. The third-order valence-electron chi connectivity index (χ3n) is 0.220. The van der Waals surface area contributed by atoms with E-state index < -0.39 is 0 Å². The van der Waals surface area contributed by atoms with Crippen molar-refractivity contribution in [3.8, 4) is 0 Å². The van der Waals surface area contributed by atoms with E-state index in [2.05, 4.69) is 6.58 Å². The van der Waals surface area contributed by atoms with Crippen LogP contribution in [0.15, 0.2) is 12.7 Å². The standard InChI is InChI=1S/C3H6N2.Co/c1-2-3(4)5;/h2H,1H2,(H3,4,5);. The Hall–Kier alpha value is -0.284. The van der Waals surface area contributed by atoms with E-state index in [1.807, 2.05) is 0 Å². The molecule has 3 heteroatoms. The normalized spacial score (nSPS) is 5.33. The first kappa shape index (κ1) is 9.21. The molecule has 0 aromatic carbocycles. The molecule has 0 bridgehead atoms. The smallest absolute Gasteiger partial charge is 0.114 e. The third kappa shape index (κ3) is 9.31. The first-order chi connectivity index (χ1) is 2.27. The van der Waals surface area contributed by atoms with Crippen molar-refractivity contribution in [2.45, 2.75) is 0 Å². The van der Waals surface area contributed by atoms with Gasteiger partial charge in [0.2, 0.25) is 0 Å². The predicted molar refractivity (Wildman–Crippen MR) is 22.1 cm³/mol. The van der Waals surface area contributed by atoms with Crippen LogP contribution in [-0.2, 0) is 16.8 Å². The minimum Gasteiger partial charge on any atom is -0.384 e. The van der Waals surface area contributed by atoms with E-state index in [-0.39, 0.29) is 22.6 Å². The van der Waals surface area contributed by atoms with Gasteiger partial charge in [-0.3, -0.25) is 5.41 Å². The van der Waals surface area contributed by atoms with Gasteiger partial charge >= 0.3 is 0 Å². The largest absolute Gasteiger partial charge is 0.384 e. The van der Waals surface area contributed by atoms with Crippen molar-refractivity contribution in [3.05, 3.63) is 12.7 Å². The summed E-state index contributed by atoms with van der Waals surface area (Å²) in [6.07, 6.45) is 1.28. The molecule has 0 aliphatic carbocycles. The molecule has 0 spiro atoms. The Morgan fingerprint density at radius 1 is 1.83 bits per heavy atom. The molecule has 0 aliphatic heterocycles. The molecule has 0 aromatic heterocycles. The summed E-state index contributed by atoms with van der Waals surface area (Å²) in [6, 6.07) is 0. The van der Waals surface area contributed by atoms with Crippen LogP contribution in [0.3, 0.4) is 0 Å². The van der Waals surface area contributed by atoms with Crippen LogP contribution in [0.5, 0.6) is 0 Å². The summed E-state index contributed by atoms with van der Waals surface area (Å²) in [5.74, 6) is 0.0185. The van der Waals surface area contributed by atoms with E-state index >= 15 is 0 Å². The van der Waals surface area contributed by atoms with E-state index in [4.69, 9.17) is 11.1 Å². The maximum atomic E-state index is 6.40. The minimum atomic E-state index is 0. The number of hydrogen-bond donors (Lipinski definition) is 2. The van der Waals surface area contributed by atoms with Gasteiger partial charge in [-0.05, 0) is 6.08 Å². The first-order valence-electron chi connectivity index (χ1n) is 1.24. The van der Waals surface area contributed by atoms with E-state index in [9.17, 15) is 0 Å². The second-order valence-electron chi connectivity index (χ2n) is 0.659. The number of rotatable bonds is 1. The van der Waals surface area contributed by atoms with E-state index in [0.29, 0.717) is 0 Å². The van der Waals surface area contributed by atoms with Gasteiger partial charge in [-0.2, -0.15) is 0 Å². The van der Waals surface area contributed by atoms with Crippen molar-refractivity contribution in [2.75, 3.05) is 0 Å². The molecular formula is C3H6CoN2. The third-order valence-corrected chi connectivity index (χ3v) is 0.220. The summed E-state index contributed by atoms with van der Waals surface area (Å²) in [7, 11) is 0. The van der Waals surface area contributed by atoms with Gasteiger partial charge in [-0.15, -0.1) is 0 Å². The van der Waals surface area contributed by atoms with Crippen molar-refractivity contribution in [1.29, 1.82) is 5.41 Å².